The molecule has 0 bridgehead atoms. The van der Waals surface area contributed by atoms with E-state index in [0.29, 0.717) is 10.8 Å². The molecule has 1 heterocycles. The first-order chi connectivity index (χ1) is 14.1. The van der Waals surface area contributed by atoms with Crippen LogP contribution < -0.4 is 5.32 Å². The number of carbonyl (C=O) groups is 2. The van der Waals surface area contributed by atoms with Crippen LogP contribution in [0.1, 0.15) is 59.6 Å². The second-order valence-electron chi connectivity index (χ2n) is 9.29. The minimum Gasteiger partial charge on any atom is -0.331 e. The van der Waals surface area contributed by atoms with Gasteiger partial charge in [0.1, 0.15) is 12.4 Å². The summed E-state index contributed by atoms with van der Waals surface area (Å²) in [6.07, 6.45) is 2.92. The molecule has 0 aliphatic heterocycles. The van der Waals surface area contributed by atoms with Crippen LogP contribution in [-0.2, 0) is 15.0 Å². The van der Waals surface area contributed by atoms with Gasteiger partial charge in [0.2, 0.25) is 11.8 Å². The van der Waals surface area contributed by atoms with Gasteiger partial charge in [0.05, 0.1) is 11.4 Å². The van der Waals surface area contributed by atoms with Crippen LogP contribution in [0.15, 0.2) is 30.3 Å². The molecule has 0 spiro atoms. The summed E-state index contributed by atoms with van der Waals surface area (Å²) >= 11 is 6.02. The third-order valence-electron chi connectivity index (χ3n) is 5.49. The van der Waals surface area contributed by atoms with E-state index in [1.54, 1.807) is 21.7 Å². The average Bonchev–Trinajstić information content (AvgIpc) is 3.02. The van der Waals surface area contributed by atoms with E-state index in [4.69, 9.17) is 16.7 Å². The van der Waals surface area contributed by atoms with Crippen molar-refractivity contribution in [3.8, 4) is 5.69 Å². The van der Waals surface area contributed by atoms with Crippen LogP contribution >= 0.6 is 11.6 Å². The molecule has 1 N–H and O–H groups in total. The van der Waals surface area contributed by atoms with Crippen molar-refractivity contribution in [2.75, 3.05) is 11.9 Å². The quantitative estimate of drug-likeness (QED) is 0.715. The minimum atomic E-state index is -0.230. The zero-order chi connectivity index (χ0) is 22.1. The Morgan fingerprint density at radius 1 is 1.23 bits per heavy atom. The number of halogens is 1. The summed E-state index contributed by atoms with van der Waals surface area (Å²) in [4.78, 5) is 27.3. The first kappa shape index (κ1) is 22.3. The lowest BCUT2D eigenvalue weighted by Gasteiger charge is -2.33. The zero-order valence-electron chi connectivity index (χ0n) is 18.4. The minimum absolute atomic E-state index is 0.0314. The van der Waals surface area contributed by atoms with E-state index in [0.717, 1.165) is 30.6 Å². The summed E-state index contributed by atoms with van der Waals surface area (Å²) in [5.41, 5.74) is 1.48. The summed E-state index contributed by atoms with van der Waals surface area (Å²) in [5.74, 6) is 0.485. The van der Waals surface area contributed by atoms with Gasteiger partial charge in [0, 0.05) is 28.5 Å². The predicted molar refractivity (Wildman–Crippen MR) is 120 cm³/mol. The van der Waals surface area contributed by atoms with Gasteiger partial charge >= 0.3 is 0 Å². The molecule has 1 aromatic carbocycles. The van der Waals surface area contributed by atoms with Crippen molar-refractivity contribution in [1.29, 1.82) is 0 Å². The van der Waals surface area contributed by atoms with E-state index in [-0.39, 0.29) is 35.7 Å². The van der Waals surface area contributed by atoms with Gasteiger partial charge in [0.15, 0.2) is 0 Å². The monoisotopic (exact) mass is 430 g/mol. The molecule has 1 aliphatic rings. The first-order valence-corrected chi connectivity index (χ1v) is 10.9. The molecule has 0 unspecified atom stereocenters. The molecule has 2 aromatic rings. The van der Waals surface area contributed by atoms with Gasteiger partial charge in [-0.25, -0.2) is 4.68 Å². The number of benzene rings is 1. The molecule has 1 fully saturated rings. The van der Waals surface area contributed by atoms with E-state index >= 15 is 0 Å². The Hall–Kier alpha value is -2.34. The zero-order valence-corrected chi connectivity index (χ0v) is 19.2. The number of nitrogens with one attached hydrogen (secondary N) is 1. The standard InChI is InChI=1S/C23H31ClN4O2/c1-15(2)27(22(30)16-7-6-8-16)14-21(29)25-20-13-19(23(3,4)5)26-28(20)18-11-9-17(24)10-12-18/h9-13,15-16H,6-8,14H2,1-5H3,(H,25,29). The van der Waals surface area contributed by atoms with Crippen LogP contribution in [0.25, 0.3) is 5.69 Å². The Morgan fingerprint density at radius 3 is 2.37 bits per heavy atom. The molecule has 1 aromatic heterocycles. The molecular weight excluding hydrogens is 400 g/mol. The lowest BCUT2D eigenvalue weighted by molar-refractivity contribution is -0.142. The summed E-state index contributed by atoms with van der Waals surface area (Å²) < 4.78 is 1.71. The van der Waals surface area contributed by atoms with Crippen molar-refractivity contribution >= 4 is 29.2 Å². The Balaban J connectivity index is 1.83. The molecular formula is C23H31ClN4O2. The SMILES string of the molecule is CC(C)N(CC(=O)Nc1cc(C(C)(C)C)nn1-c1ccc(Cl)cc1)C(=O)C1CCC1. The van der Waals surface area contributed by atoms with Crippen LogP contribution in [0.3, 0.4) is 0 Å². The molecule has 1 aliphatic carbocycles. The van der Waals surface area contributed by atoms with Gasteiger partial charge in [-0.05, 0) is 51.0 Å². The number of amides is 2. The number of rotatable bonds is 6. The van der Waals surface area contributed by atoms with E-state index in [9.17, 15) is 9.59 Å². The molecule has 0 saturated heterocycles. The van der Waals surface area contributed by atoms with E-state index in [1.807, 2.05) is 32.0 Å². The number of carbonyl (C=O) groups excluding carboxylic acids is 2. The Bertz CT molecular complexity index is 908. The van der Waals surface area contributed by atoms with E-state index < -0.39 is 0 Å². The summed E-state index contributed by atoms with van der Waals surface area (Å²) in [6, 6.07) is 9.16. The fraction of sp³-hybridized carbons (Fsp3) is 0.522. The van der Waals surface area contributed by atoms with Crippen LogP contribution in [0.2, 0.25) is 5.02 Å². The van der Waals surface area contributed by atoms with Crippen LogP contribution in [-0.4, -0.2) is 39.1 Å². The lowest BCUT2D eigenvalue weighted by Crippen LogP contribution is -2.46. The highest BCUT2D eigenvalue weighted by molar-refractivity contribution is 6.30. The summed E-state index contributed by atoms with van der Waals surface area (Å²) in [5, 5.41) is 8.31. The largest absolute Gasteiger partial charge is 0.331 e. The topological polar surface area (TPSA) is 67.2 Å². The van der Waals surface area contributed by atoms with Crippen molar-refractivity contribution < 1.29 is 9.59 Å². The number of nitrogens with zero attached hydrogens (tertiary/aromatic N) is 3. The van der Waals surface area contributed by atoms with Gasteiger partial charge in [-0.3, -0.25) is 9.59 Å². The predicted octanol–water partition coefficient (Wildman–Crippen LogP) is 4.80. The molecule has 3 rings (SSSR count). The number of hydrogen-bond donors (Lipinski definition) is 1. The van der Waals surface area contributed by atoms with Crippen LogP contribution in [0, 0.1) is 5.92 Å². The second-order valence-corrected chi connectivity index (χ2v) is 9.73. The van der Waals surface area contributed by atoms with Crippen molar-refractivity contribution in [3.05, 3.63) is 41.0 Å². The normalized spacial score (nSPS) is 14.5. The summed E-state index contributed by atoms with van der Waals surface area (Å²) in [7, 11) is 0. The van der Waals surface area contributed by atoms with Gasteiger partial charge in [-0.2, -0.15) is 5.10 Å². The molecule has 0 atom stereocenters. The van der Waals surface area contributed by atoms with Gasteiger partial charge < -0.3 is 10.2 Å². The Labute approximate surface area is 183 Å². The number of hydrogen-bond acceptors (Lipinski definition) is 3. The maximum Gasteiger partial charge on any atom is 0.245 e. The smallest absolute Gasteiger partial charge is 0.245 e. The molecule has 30 heavy (non-hydrogen) atoms. The fourth-order valence-corrected chi connectivity index (χ4v) is 3.48. The molecule has 7 heteroatoms. The molecule has 162 valence electrons. The van der Waals surface area contributed by atoms with Crippen molar-refractivity contribution in [3.63, 3.8) is 0 Å². The van der Waals surface area contributed by atoms with Crippen LogP contribution in [0.5, 0.6) is 0 Å². The third-order valence-corrected chi connectivity index (χ3v) is 5.74. The molecule has 6 nitrogen and oxygen atoms in total. The molecule has 1 saturated carbocycles. The fourth-order valence-electron chi connectivity index (χ4n) is 3.36. The number of anilines is 1. The highest BCUT2D eigenvalue weighted by Gasteiger charge is 2.32. The van der Waals surface area contributed by atoms with E-state index in [2.05, 4.69) is 26.1 Å². The van der Waals surface area contributed by atoms with E-state index in [1.165, 1.54) is 0 Å². The van der Waals surface area contributed by atoms with Crippen molar-refractivity contribution in [2.24, 2.45) is 5.92 Å². The second kappa shape index (κ2) is 8.80. The molecule has 0 radical (unpaired) electrons. The third kappa shape index (κ3) is 5.04. The Morgan fingerprint density at radius 2 is 1.87 bits per heavy atom. The first-order valence-electron chi connectivity index (χ1n) is 10.5. The lowest BCUT2D eigenvalue weighted by atomic mass is 9.84. The van der Waals surface area contributed by atoms with Gasteiger partial charge in [-0.15, -0.1) is 0 Å². The average molecular weight is 431 g/mol. The number of aromatic nitrogens is 2. The highest BCUT2D eigenvalue weighted by Crippen LogP contribution is 2.29. The summed E-state index contributed by atoms with van der Waals surface area (Å²) in [6.45, 7) is 10.1. The van der Waals surface area contributed by atoms with Crippen molar-refractivity contribution in [2.45, 2.75) is 65.3 Å². The Kier molecular flexibility index (Phi) is 6.56. The molecule has 2 amide bonds. The maximum atomic E-state index is 12.9. The van der Waals surface area contributed by atoms with Crippen LogP contribution in [0.4, 0.5) is 5.82 Å². The van der Waals surface area contributed by atoms with Crippen molar-refractivity contribution in [1.82, 2.24) is 14.7 Å². The maximum absolute atomic E-state index is 12.9. The van der Waals surface area contributed by atoms with Gasteiger partial charge in [-0.1, -0.05) is 38.8 Å². The van der Waals surface area contributed by atoms with Gasteiger partial charge in [0.25, 0.3) is 0 Å². The highest BCUT2D eigenvalue weighted by atomic mass is 35.5.